The van der Waals surface area contributed by atoms with Crippen molar-refractivity contribution >= 4 is 41.5 Å². The summed E-state index contributed by atoms with van der Waals surface area (Å²) in [7, 11) is 0. The van der Waals surface area contributed by atoms with Crippen molar-refractivity contribution in [1.82, 2.24) is 30.2 Å². The highest BCUT2D eigenvalue weighted by Gasteiger charge is 2.16. The maximum absolute atomic E-state index is 12.6. The van der Waals surface area contributed by atoms with Crippen molar-refractivity contribution in [1.29, 1.82) is 0 Å². The lowest BCUT2D eigenvalue weighted by Gasteiger charge is -2.19. The van der Waals surface area contributed by atoms with Gasteiger partial charge in [0.2, 0.25) is 5.91 Å². The molecule has 0 unspecified atom stereocenters. The third kappa shape index (κ3) is 18.7. The highest BCUT2D eigenvalue weighted by molar-refractivity contribution is 5.85. The van der Waals surface area contributed by atoms with Crippen LogP contribution in [0.15, 0.2) is 131 Å². The Kier molecular flexibility index (Phi) is 20.3. The van der Waals surface area contributed by atoms with E-state index in [2.05, 4.69) is 31.5 Å². The second-order valence-corrected chi connectivity index (χ2v) is 17.2. The van der Waals surface area contributed by atoms with Gasteiger partial charge in [0.15, 0.2) is 0 Å². The average molecular weight is 985 g/mol. The van der Waals surface area contributed by atoms with Crippen molar-refractivity contribution in [2.45, 2.75) is 79.0 Å². The molecule has 0 saturated carbocycles. The Balaban J connectivity index is 0.000000282. The molecular weight excluding hydrogens is 925 g/mol. The van der Waals surface area contributed by atoms with Crippen molar-refractivity contribution < 1.29 is 43.3 Å². The van der Waals surface area contributed by atoms with E-state index in [-0.39, 0.29) is 56.2 Å². The van der Waals surface area contributed by atoms with E-state index in [0.717, 1.165) is 34.2 Å². The van der Waals surface area contributed by atoms with E-state index >= 15 is 0 Å². The van der Waals surface area contributed by atoms with Gasteiger partial charge in [0.25, 0.3) is 11.1 Å². The normalized spacial score (nSPS) is 10.7. The minimum absolute atomic E-state index is 0.0895. The summed E-state index contributed by atoms with van der Waals surface area (Å²) in [5, 5.41) is 28.8. The van der Waals surface area contributed by atoms with Crippen LogP contribution in [-0.4, -0.2) is 86.7 Å². The molecule has 2 aromatic heterocycles. The number of carbonyl (C=O) groups excluding carboxylic acids is 4. The maximum Gasteiger partial charge on any atom is 0.411 e. The van der Waals surface area contributed by atoms with Crippen LogP contribution in [0.1, 0.15) is 69.7 Å². The summed E-state index contributed by atoms with van der Waals surface area (Å²) in [5.74, 6) is -1.03. The SMILES string of the molecule is CCOC(=O)Nc1cccc(Cn2nc(-c3cccc(CC(=O)NCCCCNC(=O)OC(C)(C)C)c3)ccc2=O)c1.CCOC(=O)Nc1cccc(Cn2nc(-c3cccc(CC(=O)O)c3)ccc2=O)c1. The first kappa shape index (κ1) is 54.3. The molecule has 19 heteroatoms. The van der Waals surface area contributed by atoms with Crippen LogP contribution in [-0.2, 0) is 49.7 Å². The quantitative estimate of drug-likeness (QED) is 0.0387. The summed E-state index contributed by atoms with van der Waals surface area (Å²) in [5.41, 5.74) is 5.70. The molecule has 4 aromatic carbocycles. The fourth-order valence-corrected chi connectivity index (χ4v) is 6.93. The highest BCUT2D eigenvalue weighted by Crippen LogP contribution is 2.20. The van der Waals surface area contributed by atoms with Crippen molar-refractivity contribution in [2.24, 2.45) is 0 Å². The standard InChI is InChI=1S/C31H39N5O6.C22H21N3O5/c1-5-41-30(40)34-25-13-9-11-23(19-25)21-36-28(38)15-14-26(35-36)24-12-8-10-22(18-24)20-27(37)32-16-6-7-17-33-29(39)42-31(2,3)4;1-2-30-22(29)23-18-8-4-6-16(12-18)14-25-20(26)10-9-19(24-25)17-7-3-5-15(11-17)13-21(27)28/h8-15,18-19H,5-7,16-17,20-21H2,1-4H3,(H,32,37)(H,33,39)(H,34,40);3-12H,2,13-14H2,1H3,(H,23,29)(H,27,28). The Morgan fingerprint density at radius 3 is 1.46 bits per heavy atom. The van der Waals surface area contributed by atoms with Gasteiger partial charge in [-0.25, -0.2) is 23.7 Å². The van der Waals surface area contributed by atoms with Gasteiger partial charge in [0.05, 0.1) is 50.5 Å². The predicted octanol–water partition coefficient (Wildman–Crippen LogP) is 7.64. The van der Waals surface area contributed by atoms with Crippen LogP contribution in [0.4, 0.5) is 25.8 Å². The number of nitrogens with zero attached hydrogens (tertiary/aromatic N) is 4. The number of unbranched alkanes of at least 4 members (excludes halogenated alkanes) is 1. The summed E-state index contributed by atoms with van der Waals surface area (Å²) in [6, 6.07) is 34.8. The van der Waals surface area contributed by atoms with Gasteiger partial charge in [0.1, 0.15) is 5.60 Å². The lowest BCUT2D eigenvalue weighted by atomic mass is 10.1. The molecule has 19 nitrogen and oxygen atoms in total. The van der Waals surface area contributed by atoms with Crippen molar-refractivity contribution in [3.8, 4) is 22.5 Å². The smallest absolute Gasteiger partial charge is 0.411 e. The van der Waals surface area contributed by atoms with Crippen LogP contribution in [0.3, 0.4) is 0 Å². The van der Waals surface area contributed by atoms with E-state index in [9.17, 15) is 33.6 Å². The third-order valence-electron chi connectivity index (χ3n) is 10.1. The lowest BCUT2D eigenvalue weighted by Crippen LogP contribution is -2.33. The summed E-state index contributed by atoms with van der Waals surface area (Å²) in [6.07, 6.45) is -0.00941. The Morgan fingerprint density at radius 1 is 0.556 bits per heavy atom. The van der Waals surface area contributed by atoms with Crippen LogP contribution in [0.25, 0.3) is 22.5 Å². The van der Waals surface area contributed by atoms with Crippen LogP contribution in [0.5, 0.6) is 0 Å². The van der Waals surface area contributed by atoms with Gasteiger partial charge in [-0.2, -0.15) is 10.2 Å². The topological polar surface area (TPSA) is 251 Å². The number of nitrogens with one attached hydrogen (secondary N) is 4. The first-order valence-electron chi connectivity index (χ1n) is 23.3. The van der Waals surface area contributed by atoms with E-state index in [1.54, 1.807) is 80.6 Å². The van der Waals surface area contributed by atoms with Gasteiger partial charge in [-0.15, -0.1) is 0 Å². The van der Waals surface area contributed by atoms with Crippen LogP contribution in [0, 0.1) is 0 Å². The molecule has 72 heavy (non-hydrogen) atoms. The highest BCUT2D eigenvalue weighted by atomic mass is 16.6. The third-order valence-corrected chi connectivity index (χ3v) is 10.1. The number of benzene rings is 4. The monoisotopic (exact) mass is 984 g/mol. The molecule has 0 fully saturated rings. The molecule has 0 saturated heterocycles. The number of anilines is 2. The molecule has 2 heterocycles. The van der Waals surface area contributed by atoms with Crippen LogP contribution >= 0.6 is 0 Å². The molecule has 0 aliphatic heterocycles. The van der Waals surface area contributed by atoms with Gasteiger partial charge in [-0.3, -0.25) is 29.8 Å². The van der Waals surface area contributed by atoms with Gasteiger partial charge in [-0.1, -0.05) is 60.7 Å². The maximum atomic E-state index is 12.6. The van der Waals surface area contributed by atoms with Gasteiger partial charge >= 0.3 is 24.2 Å². The first-order chi connectivity index (χ1) is 34.5. The molecule has 0 radical (unpaired) electrons. The van der Waals surface area contributed by atoms with E-state index in [0.29, 0.717) is 47.8 Å². The van der Waals surface area contributed by atoms with E-state index in [4.69, 9.17) is 19.3 Å². The Labute approximate surface area is 416 Å². The first-order valence-corrected chi connectivity index (χ1v) is 23.3. The second-order valence-electron chi connectivity index (χ2n) is 17.2. The molecule has 6 rings (SSSR count). The molecule has 0 spiro atoms. The van der Waals surface area contributed by atoms with Gasteiger partial charge in [-0.05, 0) is 118 Å². The molecule has 0 aliphatic rings. The Hall–Kier alpha value is -8.61. The largest absolute Gasteiger partial charge is 0.481 e. The minimum atomic E-state index is -0.915. The number of carboxylic acids is 1. The summed E-state index contributed by atoms with van der Waals surface area (Å²) < 4.78 is 17.7. The second kappa shape index (κ2) is 27.0. The lowest BCUT2D eigenvalue weighted by molar-refractivity contribution is -0.136. The zero-order valence-corrected chi connectivity index (χ0v) is 40.9. The number of ether oxygens (including phenoxy) is 3. The predicted molar refractivity (Wildman–Crippen MR) is 272 cm³/mol. The number of aromatic nitrogens is 4. The number of carbonyl (C=O) groups is 5. The van der Waals surface area contributed by atoms with Crippen molar-refractivity contribution in [3.63, 3.8) is 0 Å². The van der Waals surface area contributed by atoms with Crippen LogP contribution < -0.4 is 32.4 Å². The Morgan fingerprint density at radius 2 is 1.00 bits per heavy atom. The Bertz CT molecular complexity index is 2950. The molecule has 0 aliphatic carbocycles. The number of hydrogen-bond acceptors (Lipinski definition) is 12. The molecule has 4 amide bonds. The van der Waals surface area contributed by atoms with E-state index in [1.165, 1.54) is 21.5 Å². The summed E-state index contributed by atoms with van der Waals surface area (Å²) in [4.78, 5) is 83.3. The molecule has 0 atom stereocenters. The molecule has 0 bridgehead atoms. The minimum Gasteiger partial charge on any atom is -0.481 e. The number of rotatable bonds is 19. The van der Waals surface area contributed by atoms with E-state index < -0.39 is 29.9 Å². The fraction of sp³-hybridized carbons (Fsp3) is 0.302. The molecule has 6 aromatic rings. The summed E-state index contributed by atoms with van der Waals surface area (Å²) in [6.45, 7) is 10.8. The molecule has 378 valence electrons. The number of aliphatic carboxylic acids is 1. The zero-order chi connectivity index (χ0) is 52.0. The number of carboxylic acid groups (broad SMARTS) is 1. The summed E-state index contributed by atoms with van der Waals surface area (Å²) >= 11 is 0. The van der Waals surface area contributed by atoms with Gasteiger partial charge in [0, 0.05) is 47.7 Å². The zero-order valence-electron chi connectivity index (χ0n) is 40.9. The van der Waals surface area contributed by atoms with Crippen LogP contribution in [0.2, 0.25) is 0 Å². The molecule has 5 N–H and O–H groups in total. The average Bonchev–Trinajstić information content (AvgIpc) is 3.31. The van der Waals surface area contributed by atoms with Crippen molar-refractivity contribution in [2.75, 3.05) is 36.9 Å². The fourth-order valence-electron chi connectivity index (χ4n) is 6.93. The van der Waals surface area contributed by atoms with Crippen molar-refractivity contribution in [3.05, 3.63) is 164 Å². The van der Waals surface area contributed by atoms with Gasteiger partial charge < -0.3 is 30.0 Å². The number of hydrogen-bond donors (Lipinski definition) is 5. The number of alkyl carbamates (subject to hydrolysis) is 1. The molecular formula is C53H60N8O11. The van der Waals surface area contributed by atoms with E-state index in [1.807, 2.05) is 63.2 Å². The number of amides is 4.